The van der Waals surface area contributed by atoms with Gasteiger partial charge in [0.2, 0.25) is 0 Å². The number of carbonyl (C=O) groups excluding carboxylic acids is 1. The highest BCUT2D eigenvalue weighted by Crippen LogP contribution is 2.30. The van der Waals surface area contributed by atoms with Crippen molar-refractivity contribution in [2.75, 3.05) is 7.11 Å². The van der Waals surface area contributed by atoms with Crippen molar-refractivity contribution in [1.82, 2.24) is 15.0 Å². The molecular formula is C28H39N3O3. The highest BCUT2D eigenvalue weighted by atomic mass is 16.5. The molecule has 0 atom stereocenters. The number of nitrogens with zero attached hydrogens (tertiary/aromatic N) is 3. The Hall–Kier alpha value is -2.89. The first-order valence-corrected chi connectivity index (χ1v) is 12.9. The van der Waals surface area contributed by atoms with Crippen molar-refractivity contribution in [3.63, 3.8) is 0 Å². The Balaban J connectivity index is 1.64. The lowest BCUT2D eigenvalue weighted by molar-refractivity contribution is -0.140. The largest absolute Gasteiger partial charge is 0.505 e. The summed E-state index contributed by atoms with van der Waals surface area (Å²) < 4.78 is 4.80. The number of ether oxygens (including phenoxy) is 1. The number of aromatic nitrogens is 3. The minimum atomic E-state index is -0.242. The summed E-state index contributed by atoms with van der Waals surface area (Å²) in [6.07, 6.45) is 14.4. The number of rotatable bonds is 15. The molecule has 1 aromatic heterocycles. The summed E-state index contributed by atoms with van der Waals surface area (Å²) >= 11 is 0. The van der Waals surface area contributed by atoms with E-state index < -0.39 is 0 Å². The summed E-state index contributed by atoms with van der Waals surface area (Å²) in [4.78, 5) is 13.2. The summed E-state index contributed by atoms with van der Waals surface area (Å²) in [5.41, 5.74) is 3.97. The third-order valence-corrected chi connectivity index (χ3v) is 6.38. The lowest BCUT2D eigenvalue weighted by Crippen LogP contribution is -2.05. The molecule has 6 heteroatoms. The smallest absolute Gasteiger partial charge is 0.305 e. The number of fused-ring (bicyclic) bond motifs is 1. The molecule has 0 aliphatic carbocycles. The van der Waals surface area contributed by atoms with Gasteiger partial charge in [0.15, 0.2) is 0 Å². The lowest BCUT2D eigenvalue weighted by atomic mass is 9.99. The van der Waals surface area contributed by atoms with Crippen molar-refractivity contribution in [1.29, 1.82) is 0 Å². The number of phenols is 1. The second-order valence-electron chi connectivity index (χ2n) is 9.11. The van der Waals surface area contributed by atoms with E-state index in [4.69, 9.17) is 4.74 Å². The van der Waals surface area contributed by atoms with E-state index in [0.29, 0.717) is 18.5 Å². The Bertz CT molecular complexity index is 1010. The number of aromatic hydroxyl groups is 1. The molecule has 184 valence electrons. The average Bonchev–Trinajstić information content (AvgIpc) is 3.29. The summed E-state index contributed by atoms with van der Waals surface area (Å²) in [5, 5.41) is 20.2. The molecule has 0 aliphatic heterocycles. The Morgan fingerprint density at radius 1 is 0.882 bits per heavy atom. The van der Waals surface area contributed by atoms with Gasteiger partial charge in [0.1, 0.15) is 22.5 Å². The fraction of sp³-hybridized carbons (Fsp3) is 0.536. The minimum absolute atomic E-state index is 0.220. The van der Waals surface area contributed by atoms with Gasteiger partial charge in [0.05, 0.1) is 7.11 Å². The van der Waals surface area contributed by atoms with E-state index in [1.165, 1.54) is 63.3 Å². The zero-order chi connectivity index (χ0) is 24.2. The molecule has 0 spiro atoms. The van der Waals surface area contributed by atoms with Crippen molar-refractivity contribution >= 4 is 17.0 Å². The van der Waals surface area contributed by atoms with Gasteiger partial charge in [-0.15, -0.1) is 15.0 Å². The van der Waals surface area contributed by atoms with Gasteiger partial charge in [-0.1, -0.05) is 82.9 Å². The van der Waals surface area contributed by atoms with Crippen LogP contribution >= 0.6 is 0 Å². The van der Waals surface area contributed by atoms with Gasteiger partial charge in [-0.05, 0) is 48.6 Å². The molecule has 1 N–H and O–H groups in total. The van der Waals surface area contributed by atoms with Crippen LogP contribution in [-0.4, -0.2) is 33.2 Å². The fourth-order valence-electron chi connectivity index (χ4n) is 4.35. The topological polar surface area (TPSA) is 77.2 Å². The average molecular weight is 466 g/mol. The number of aryl methyl sites for hydroxylation is 2. The summed E-state index contributed by atoms with van der Waals surface area (Å²) in [6, 6.07) is 11.5. The van der Waals surface area contributed by atoms with Crippen LogP contribution in [0.25, 0.3) is 16.7 Å². The molecule has 2 aromatic carbocycles. The van der Waals surface area contributed by atoms with Gasteiger partial charge < -0.3 is 9.84 Å². The Morgan fingerprint density at radius 2 is 1.47 bits per heavy atom. The lowest BCUT2D eigenvalue weighted by Gasteiger charge is -2.13. The molecule has 34 heavy (non-hydrogen) atoms. The summed E-state index contributed by atoms with van der Waals surface area (Å²) in [5.74, 6) is -0.0214. The molecule has 0 saturated heterocycles. The first-order chi connectivity index (χ1) is 16.6. The van der Waals surface area contributed by atoms with Crippen molar-refractivity contribution in [2.24, 2.45) is 0 Å². The van der Waals surface area contributed by atoms with Gasteiger partial charge >= 0.3 is 5.97 Å². The van der Waals surface area contributed by atoms with E-state index in [1.54, 1.807) is 0 Å². The molecule has 3 aromatic rings. The minimum Gasteiger partial charge on any atom is -0.505 e. The number of esters is 1. The zero-order valence-electron chi connectivity index (χ0n) is 20.8. The van der Waals surface area contributed by atoms with Gasteiger partial charge in [-0.2, -0.15) is 0 Å². The van der Waals surface area contributed by atoms with Crippen LogP contribution in [0.5, 0.6) is 5.75 Å². The van der Waals surface area contributed by atoms with Crippen LogP contribution in [-0.2, 0) is 22.4 Å². The molecule has 0 amide bonds. The second-order valence-corrected chi connectivity index (χ2v) is 9.11. The van der Waals surface area contributed by atoms with E-state index in [9.17, 15) is 9.90 Å². The van der Waals surface area contributed by atoms with E-state index in [0.717, 1.165) is 41.4 Å². The van der Waals surface area contributed by atoms with Gasteiger partial charge in [0.25, 0.3) is 0 Å². The molecule has 0 saturated carbocycles. The quantitative estimate of drug-likeness (QED) is 0.200. The summed E-state index contributed by atoms with van der Waals surface area (Å²) in [7, 11) is 1.40. The highest BCUT2D eigenvalue weighted by Gasteiger charge is 2.15. The molecule has 0 bridgehead atoms. The van der Waals surface area contributed by atoms with E-state index >= 15 is 0 Å². The molecule has 0 aliphatic rings. The van der Waals surface area contributed by atoms with E-state index in [1.807, 2.05) is 36.4 Å². The van der Waals surface area contributed by atoms with Crippen LogP contribution in [0.4, 0.5) is 0 Å². The number of unbranched alkanes of at least 4 members (excludes halogenated alkanes) is 9. The van der Waals surface area contributed by atoms with Crippen LogP contribution in [0, 0.1) is 0 Å². The highest BCUT2D eigenvalue weighted by molar-refractivity contribution is 5.74. The zero-order valence-corrected chi connectivity index (χ0v) is 20.8. The number of phenolic OH excluding ortho intramolecular Hbond substituents is 1. The normalized spacial score (nSPS) is 11.2. The van der Waals surface area contributed by atoms with Crippen molar-refractivity contribution in [3.8, 4) is 11.4 Å². The SMILES string of the molecule is CCCCCCCCCCCCc1cc(CCC(=O)OC)cc(-n2nc3ccccc3n2)c1O. The predicted octanol–water partition coefficient (Wildman–Crippen LogP) is 6.70. The third kappa shape index (κ3) is 7.57. The maximum atomic E-state index is 11.7. The van der Waals surface area contributed by atoms with Crippen LogP contribution in [0.15, 0.2) is 36.4 Å². The predicted molar refractivity (Wildman–Crippen MR) is 136 cm³/mol. The molecule has 0 fully saturated rings. The Morgan fingerprint density at radius 3 is 2.06 bits per heavy atom. The van der Waals surface area contributed by atoms with E-state index in [-0.39, 0.29) is 11.7 Å². The molecule has 6 nitrogen and oxygen atoms in total. The third-order valence-electron chi connectivity index (χ3n) is 6.38. The maximum Gasteiger partial charge on any atom is 0.305 e. The first-order valence-electron chi connectivity index (χ1n) is 12.9. The standard InChI is InChI=1S/C28H39N3O3/c1-3-4-5-6-7-8-9-10-11-12-15-23-20-22(18-19-27(32)34-2)21-26(28(23)33)31-29-24-16-13-14-17-25(24)30-31/h13-14,16-17,20-21,33H,3-12,15,18-19H2,1-2H3. The number of methoxy groups -OCH3 is 1. The van der Waals surface area contributed by atoms with E-state index in [2.05, 4.69) is 17.1 Å². The van der Waals surface area contributed by atoms with Crippen LogP contribution in [0.3, 0.4) is 0 Å². The van der Waals surface area contributed by atoms with Crippen molar-refractivity contribution in [3.05, 3.63) is 47.5 Å². The van der Waals surface area contributed by atoms with Gasteiger partial charge in [0, 0.05) is 6.42 Å². The fourth-order valence-corrected chi connectivity index (χ4v) is 4.35. The number of hydrogen-bond acceptors (Lipinski definition) is 5. The van der Waals surface area contributed by atoms with Crippen LogP contribution in [0.1, 0.15) is 88.7 Å². The van der Waals surface area contributed by atoms with Crippen LogP contribution in [0.2, 0.25) is 0 Å². The molecule has 0 radical (unpaired) electrons. The Labute approximate surface area is 203 Å². The number of benzene rings is 2. The molecular weight excluding hydrogens is 426 g/mol. The summed E-state index contributed by atoms with van der Waals surface area (Å²) in [6.45, 7) is 2.25. The second kappa shape index (κ2) is 13.7. The number of carbonyl (C=O) groups is 1. The van der Waals surface area contributed by atoms with Crippen molar-refractivity contribution < 1.29 is 14.6 Å². The molecule has 1 heterocycles. The monoisotopic (exact) mass is 465 g/mol. The van der Waals surface area contributed by atoms with Crippen molar-refractivity contribution in [2.45, 2.75) is 90.4 Å². The van der Waals surface area contributed by atoms with Gasteiger partial charge in [-0.25, -0.2) is 0 Å². The number of hydrogen-bond donors (Lipinski definition) is 1. The van der Waals surface area contributed by atoms with Crippen LogP contribution < -0.4 is 0 Å². The van der Waals surface area contributed by atoms with Gasteiger partial charge in [-0.3, -0.25) is 4.79 Å². The first kappa shape index (κ1) is 25.7. The Kier molecular flexibility index (Phi) is 10.4. The molecule has 0 unspecified atom stereocenters. The molecule has 3 rings (SSSR count). The maximum absolute atomic E-state index is 11.7.